The van der Waals surface area contributed by atoms with Crippen molar-refractivity contribution in [3.63, 3.8) is 0 Å². The number of nitrogens with one attached hydrogen (secondary N) is 1. The van der Waals surface area contributed by atoms with Crippen molar-refractivity contribution < 1.29 is 0 Å². The lowest BCUT2D eigenvalue weighted by molar-refractivity contribution is 0.441. The Labute approximate surface area is 102 Å². The summed E-state index contributed by atoms with van der Waals surface area (Å²) in [6, 6.07) is 10.1. The summed E-state index contributed by atoms with van der Waals surface area (Å²) in [5.41, 5.74) is 8.32. The lowest BCUT2D eigenvalue weighted by Gasteiger charge is -2.15. The SMILES string of the molecule is CCC(C)C(N)c1ncc(-c2ccccc2)[nH]1. The Morgan fingerprint density at radius 2 is 2.00 bits per heavy atom. The van der Waals surface area contributed by atoms with Crippen molar-refractivity contribution in [1.29, 1.82) is 0 Å². The number of hydrogen-bond acceptors (Lipinski definition) is 2. The molecule has 17 heavy (non-hydrogen) atoms. The van der Waals surface area contributed by atoms with Crippen molar-refractivity contribution in [2.24, 2.45) is 11.7 Å². The zero-order chi connectivity index (χ0) is 12.3. The van der Waals surface area contributed by atoms with Gasteiger partial charge in [0.25, 0.3) is 0 Å². The molecule has 3 heteroatoms. The summed E-state index contributed by atoms with van der Waals surface area (Å²) in [4.78, 5) is 7.69. The smallest absolute Gasteiger partial charge is 0.123 e. The zero-order valence-electron chi connectivity index (χ0n) is 10.4. The molecule has 0 saturated heterocycles. The molecule has 3 N–H and O–H groups in total. The average molecular weight is 229 g/mol. The summed E-state index contributed by atoms with van der Waals surface area (Å²) >= 11 is 0. The molecule has 0 fully saturated rings. The summed E-state index contributed by atoms with van der Waals surface area (Å²) in [6.07, 6.45) is 2.91. The molecule has 1 aromatic carbocycles. The Kier molecular flexibility index (Phi) is 3.59. The van der Waals surface area contributed by atoms with E-state index in [0.717, 1.165) is 23.5 Å². The molecule has 0 bridgehead atoms. The fraction of sp³-hybridized carbons (Fsp3) is 0.357. The predicted octanol–water partition coefficient (Wildman–Crippen LogP) is 3.12. The number of hydrogen-bond donors (Lipinski definition) is 2. The van der Waals surface area contributed by atoms with Crippen LogP contribution < -0.4 is 5.73 Å². The van der Waals surface area contributed by atoms with Crippen LogP contribution in [0.25, 0.3) is 11.3 Å². The largest absolute Gasteiger partial charge is 0.341 e. The second kappa shape index (κ2) is 5.15. The lowest BCUT2D eigenvalue weighted by Crippen LogP contribution is -2.19. The number of benzene rings is 1. The van der Waals surface area contributed by atoms with E-state index in [-0.39, 0.29) is 6.04 Å². The van der Waals surface area contributed by atoms with E-state index < -0.39 is 0 Å². The highest BCUT2D eigenvalue weighted by molar-refractivity contribution is 5.58. The molecule has 2 aromatic rings. The third-order valence-electron chi connectivity index (χ3n) is 3.25. The number of H-pyrrole nitrogens is 1. The maximum Gasteiger partial charge on any atom is 0.123 e. The molecule has 2 rings (SSSR count). The molecular weight excluding hydrogens is 210 g/mol. The van der Waals surface area contributed by atoms with Gasteiger partial charge in [-0.1, -0.05) is 50.6 Å². The van der Waals surface area contributed by atoms with Gasteiger partial charge in [-0.15, -0.1) is 0 Å². The fourth-order valence-corrected chi connectivity index (χ4v) is 1.79. The standard InChI is InChI=1S/C14H19N3/c1-3-10(2)13(15)14-16-9-12(17-14)11-7-5-4-6-8-11/h4-10,13H,3,15H2,1-2H3,(H,16,17). The molecule has 1 heterocycles. The average Bonchev–Trinajstić information content (AvgIpc) is 2.87. The predicted molar refractivity (Wildman–Crippen MR) is 70.4 cm³/mol. The highest BCUT2D eigenvalue weighted by Gasteiger charge is 2.16. The number of nitrogens with zero attached hydrogens (tertiary/aromatic N) is 1. The third-order valence-corrected chi connectivity index (χ3v) is 3.25. The van der Waals surface area contributed by atoms with Gasteiger partial charge in [0, 0.05) is 0 Å². The molecule has 0 radical (unpaired) electrons. The first-order valence-electron chi connectivity index (χ1n) is 6.08. The van der Waals surface area contributed by atoms with E-state index in [9.17, 15) is 0 Å². The maximum absolute atomic E-state index is 6.15. The van der Waals surface area contributed by atoms with E-state index in [1.54, 1.807) is 0 Å². The summed E-state index contributed by atoms with van der Waals surface area (Å²) in [7, 11) is 0. The van der Waals surface area contributed by atoms with Crippen LogP contribution in [-0.4, -0.2) is 9.97 Å². The van der Waals surface area contributed by atoms with Crippen LogP contribution in [0, 0.1) is 5.92 Å². The van der Waals surface area contributed by atoms with Gasteiger partial charge in [0.2, 0.25) is 0 Å². The zero-order valence-corrected chi connectivity index (χ0v) is 10.4. The quantitative estimate of drug-likeness (QED) is 0.846. The first kappa shape index (κ1) is 11.9. The minimum absolute atomic E-state index is 0.0162. The van der Waals surface area contributed by atoms with Crippen LogP contribution in [0.5, 0.6) is 0 Å². The monoisotopic (exact) mass is 229 g/mol. The van der Waals surface area contributed by atoms with Gasteiger partial charge < -0.3 is 10.7 Å². The van der Waals surface area contributed by atoms with Gasteiger partial charge in [-0.2, -0.15) is 0 Å². The molecule has 3 nitrogen and oxygen atoms in total. The first-order valence-corrected chi connectivity index (χ1v) is 6.08. The van der Waals surface area contributed by atoms with Gasteiger partial charge in [0.05, 0.1) is 17.9 Å². The Morgan fingerprint density at radius 3 is 2.65 bits per heavy atom. The minimum atomic E-state index is -0.0162. The van der Waals surface area contributed by atoms with Gasteiger partial charge in [0.15, 0.2) is 0 Å². The van der Waals surface area contributed by atoms with Crippen molar-refractivity contribution in [3.05, 3.63) is 42.4 Å². The second-order valence-electron chi connectivity index (χ2n) is 4.46. The number of imidazole rings is 1. The van der Waals surface area contributed by atoms with Crippen LogP contribution in [0.3, 0.4) is 0 Å². The van der Waals surface area contributed by atoms with Crippen molar-refractivity contribution in [1.82, 2.24) is 9.97 Å². The molecule has 0 spiro atoms. The number of nitrogens with two attached hydrogens (primary N) is 1. The highest BCUT2D eigenvalue weighted by atomic mass is 15.0. The Morgan fingerprint density at radius 1 is 1.29 bits per heavy atom. The molecule has 2 unspecified atom stereocenters. The minimum Gasteiger partial charge on any atom is -0.341 e. The van der Waals surface area contributed by atoms with E-state index >= 15 is 0 Å². The van der Waals surface area contributed by atoms with Gasteiger partial charge in [-0.05, 0) is 11.5 Å². The van der Waals surface area contributed by atoms with Crippen LogP contribution in [0.1, 0.15) is 32.1 Å². The lowest BCUT2D eigenvalue weighted by atomic mass is 10.00. The Bertz CT molecular complexity index is 461. The van der Waals surface area contributed by atoms with Crippen molar-refractivity contribution >= 4 is 0 Å². The van der Waals surface area contributed by atoms with Crippen LogP contribution in [0.4, 0.5) is 0 Å². The first-order chi connectivity index (χ1) is 8.22. The van der Waals surface area contributed by atoms with E-state index in [4.69, 9.17) is 5.73 Å². The second-order valence-corrected chi connectivity index (χ2v) is 4.46. The van der Waals surface area contributed by atoms with Gasteiger partial charge >= 0.3 is 0 Å². The maximum atomic E-state index is 6.15. The topological polar surface area (TPSA) is 54.7 Å². The third kappa shape index (κ3) is 2.56. The molecule has 0 aliphatic rings. The van der Waals surface area contributed by atoms with E-state index in [0.29, 0.717) is 5.92 Å². The van der Waals surface area contributed by atoms with E-state index in [2.05, 4.69) is 35.9 Å². The molecule has 0 aliphatic heterocycles. The van der Waals surface area contributed by atoms with Gasteiger partial charge in [-0.25, -0.2) is 4.98 Å². The normalized spacial score (nSPS) is 14.5. The van der Waals surface area contributed by atoms with Crippen molar-refractivity contribution in [2.45, 2.75) is 26.3 Å². The van der Waals surface area contributed by atoms with Crippen molar-refractivity contribution in [2.75, 3.05) is 0 Å². The van der Waals surface area contributed by atoms with Gasteiger partial charge in [0.1, 0.15) is 5.82 Å². The number of aromatic nitrogens is 2. The highest BCUT2D eigenvalue weighted by Crippen LogP contribution is 2.22. The van der Waals surface area contributed by atoms with E-state index in [1.165, 1.54) is 0 Å². The number of aromatic amines is 1. The van der Waals surface area contributed by atoms with Crippen LogP contribution in [-0.2, 0) is 0 Å². The molecule has 90 valence electrons. The number of rotatable bonds is 4. The van der Waals surface area contributed by atoms with Crippen LogP contribution in [0.15, 0.2) is 36.5 Å². The van der Waals surface area contributed by atoms with Gasteiger partial charge in [-0.3, -0.25) is 0 Å². The van der Waals surface area contributed by atoms with Crippen molar-refractivity contribution in [3.8, 4) is 11.3 Å². The van der Waals surface area contributed by atoms with Crippen LogP contribution >= 0.6 is 0 Å². The molecule has 2 atom stereocenters. The molecule has 0 aliphatic carbocycles. The Balaban J connectivity index is 2.22. The molecule has 0 saturated carbocycles. The van der Waals surface area contributed by atoms with Crippen LogP contribution in [0.2, 0.25) is 0 Å². The molecular formula is C14H19N3. The van der Waals surface area contributed by atoms with E-state index in [1.807, 2.05) is 24.4 Å². The molecule has 0 amide bonds. The summed E-state index contributed by atoms with van der Waals surface area (Å²) in [5, 5.41) is 0. The Hall–Kier alpha value is -1.61. The summed E-state index contributed by atoms with van der Waals surface area (Å²) < 4.78 is 0. The summed E-state index contributed by atoms with van der Waals surface area (Å²) in [5.74, 6) is 1.31. The molecule has 1 aromatic heterocycles. The fourth-order valence-electron chi connectivity index (χ4n) is 1.79. The summed E-state index contributed by atoms with van der Waals surface area (Å²) in [6.45, 7) is 4.29.